The number of benzene rings is 1. The molecule has 4 rings (SSSR count). The molecule has 142 valence electrons. The first-order valence-electron chi connectivity index (χ1n) is 9.72. The smallest absolute Gasteiger partial charge is 0.320 e. The number of aromatic nitrogens is 1. The number of hydrogen-bond donors (Lipinski definition) is 0. The Morgan fingerprint density at radius 2 is 1.48 bits per heavy atom. The van der Waals surface area contributed by atoms with Gasteiger partial charge in [0.2, 0.25) is 0 Å². The summed E-state index contributed by atoms with van der Waals surface area (Å²) in [6.45, 7) is 8.67. The molecule has 2 aliphatic rings. The van der Waals surface area contributed by atoms with Crippen molar-refractivity contribution in [3.8, 4) is 0 Å². The van der Waals surface area contributed by atoms with Crippen molar-refractivity contribution in [2.24, 2.45) is 0 Å². The molecule has 0 N–H and O–H groups in total. The Morgan fingerprint density at radius 1 is 0.815 bits per heavy atom. The van der Waals surface area contributed by atoms with Crippen molar-refractivity contribution in [2.75, 3.05) is 62.2 Å². The van der Waals surface area contributed by atoms with Crippen LogP contribution in [-0.4, -0.2) is 73.2 Å². The lowest BCUT2D eigenvalue weighted by atomic mass is 10.2. The Balaban J connectivity index is 1.29. The van der Waals surface area contributed by atoms with Gasteiger partial charge >= 0.3 is 6.03 Å². The van der Waals surface area contributed by atoms with Crippen LogP contribution in [0, 0.1) is 6.92 Å². The third-order valence-electron chi connectivity index (χ3n) is 5.44. The van der Waals surface area contributed by atoms with Crippen LogP contribution in [0.25, 0.3) is 0 Å². The van der Waals surface area contributed by atoms with Gasteiger partial charge in [0.15, 0.2) is 0 Å². The predicted octanol–water partition coefficient (Wildman–Crippen LogP) is 2.45. The summed E-state index contributed by atoms with van der Waals surface area (Å²) in [6, 6.07) is 14.7. The minimum Gasteiger partial charge on any atom is -0.368 e. The summed E-state index contributed by atoms with van der Waals surface area (Å²) in [4.78, 5) is 25.9. The molecule has 1 aromatic carbocycles. The molecular weight excluding hydrogens is 338 g/mol. The third-order valence-corrected chi connectivity index (χ3v) is 5.44. The summed E-state index contributed by atoms with van der Waals surface area (Å²) in [5.41, 5.74) is 2.53. The second-order valence-corrected chi connectivity index (χ2v) is 7.26. The molecule has 0 saturated carbocycles. The van der Waals surface area contributed by atoms with Crippen LogP contribution in [0.5, 0.6) is 0 Å². The number of nitrogens with zero attached hydrogens (tertiary/aromatic N) is 5. The molecular formula is C21H27N5O. The number of rotatable bonds is 2. The molecule has 27 heavy (non-hydrogen) atoms. The standard InChI is InChI=1S/C21H27N5O/c1-18-5-4-6-19(17-18)23-9-13-25(14-10-23)21(27)26-15-11-24(12-16-26)20-7-2-3-8-22-20/h2-8,17H,9-16H2,1H3. The number of anilines is 2. The fourth-order valence-corrected chi connectivity index (χ4v) is 3.85. The van der Waals surface area contributed by atoms with Crippen molar-refractivity contribution in [1.82, 2.24) is 14.8 Å². The average Bonchev–Trinajstić information content (AvgIpc) is 2.74. The Bertz CT molecular complexity index is 765. The number of aryl methyl sites for hydroxylation is 1. The number of piperazine rings is 2. The van der Waals surface area contributed by atoms with Gasteiger partial charge in [-0.15, -0.1) is 0 Å². The van der Waals surface area contributed by atoms with E-state index in [1.54, 1.807) is 0 Å². The molecule has 2 aromatic rings. The zero-order chi connectivity index (χ0) is 18.6. The third kappa shape index (κ3) is 3.99. The maximum atomic E-state index is 12.9. The number of carbonyl (C=O) groups is 1. The van der Waals surface area contributed by atoms with Crippen molar-refractivity contribution in [2.45, 2.75) is 6.92 Å². The van der Waals surface area contributed by atoms with Crippen molar-refractivity contribution in [3.63, 3.8) is 0 Å². The zero-order valence-corrected chi connectivity index (χ0v) is 15.9. The Morgan fingerprint density at radius 3 is 2.07 bits per heavy atom. The van der Waals surface area contributed by atoms with Crippen molar-refractivity contribution >= 4 is 17.5 Å². The summed E-state index contributed by atoms with van der Waals surface area (Å²) < 4.78 is 0. The molecule has 0 radical (unpaired) electrons. The number of amides is 2. The molecule has 3 heterocycles. The SMILES string of the molecule is Cc1cccc(N2CCN(C(=O)N3CCN(c4ccccn4)CC3)CC2)c1. The lowest BCUT2D eigenvalue weighted by molar-refractivity contribution is 0.147. The summed E-state index contributed by atoms with van der Waals surface area (Å²) in [6.07, 6.45) is 1.82. The Labute approximate surface area is 161 Å². The van der Waals surface area contributed by atoms with Crippen LogP contribution in [0.1, 0.15) is 5.56 Å². The number of pyridine rings is 1. The van der Waals surface area contributed by atoms with Gasteiger partial charge < -0.3 is 19.6 Å². The zero-order valence-electron chi connectivity index (χ0n) is 15.9. The number of hydrogen-bond acceptors (Lipinski definition) is 4. The molecule has 0 bridgehead atoms. The van der Waals surface area contributed by atoms with Crippen LogP contribution in [0.4, 0.5) is 16.3 Å². The van der Waals surface area contributed by atoms with E-state index in [1.165, 1.54) is 11.3 Å². The van der Waals surface area contributed by atoms with Crippen LogP contribution >= 0.6 is 0 Å². The highest BCUT2D eigenvalue weighted by Gasteiger charge is 2.28. The van der Waals surface area contributed by atoms with Gasteiger partial charge in [-0.3, -0.25) is 0 Å². The van der Waals surface area contributed by atoms with Gasteiger partial charge in [0.05, 0.1) is 0 Å². The van der Waals surface area contributed by atoms with E-state index in [9.17, 15) is 4.79 Å². The van der Waals surface area contributed by atoms with Gasteiger partial charge in [0.1, 0.15) is 5.82 Å². The van der Waals surface area contributed by atoms with Gasteiger partial charge in [-0.2, -0.15) is 0 Å². The van der Waals surface area contributed by atoms with E-state index in [1.807, 2.05) is 34.2 Å². The molecule has 1 aromatic heterocycles. The van der Waals surface area contributed by atoms with Crippen LogP contribution in [0.15, 0.2) is 48.7 Å². The van der Waals surface area contributed by atoms with E-state index in [-0.39, 0.29) is 6.03 Å². The first-order valence-corrected chi connectivity index (χ1v) is 9.72. The molecule has 2 amide bonds. The fourth-order valence-electron chi connectivity index (χ4n) is 3.85. The average molecular weight is 365 g/mol. The Hall–Kier alpha value is -2.76. The summed E-state index contributed by atoms with van der Waals surface area (Å²) >= 11 is 0. The van der Waals surface area contributed by atoms with Gasteiger partial charge in [-0.05, 0) is 36.8 Å². The van der Waals surface area contributed by atoms with E-state index >= 15 is 0 Å². The van der Waals surface area contributed by atoms with Crippen LogP contribution in [0.3, 0.4) is 0 Å². The van der Waals surface area contributed by atoms with Gasteiger partial charge in [0.25, 0.3) is 0 Å². The monoisotopic (exact) mass is 365 g/mol. The van der Waals surface area contributed by atoms with Crippen LogP contribution in [-0.2, 0) is 0 Å². The normalized spacial score (nSPS) is 18.0. The van der Waals surface area contributed by atoms with E-state index in [4.69, 9.17) is 0 Å². The quantitative estimate of drug-likeness (QED) is 0.820. The summed E-state index contributed by atoms with van der Waals surface area (Å²) in [7, 11) is 0. The van der Waals surface area contributed by atoms with E-state index < -0.39 is 0 Å². The van der Waals surface area contributed by atoms with Crippen LogP contribution in [0.2, 0.25) is 0 Å². The molecule has 2 aliphatic heterocycles. The minimum absolute atomic E-state index is 0.180. The van der Waals surface area contributed by atoms with Crippen molar-refractivity contribution < 1.29 is 4.79 Å². The molecule has 0 unspecified atom stereocenters. The predicted molar refractivity (Wildman–Crippen MR) is 108 cm³/mol. The summed E-state index contributed by atoms with van der Waals surface area (Å²) in [5, 5.41) is 0. The van der Waals surface area contributed by atoms with Gasteiger partial charge in [-0.1, -0.05) is 18.2 Å². The topological polar surface area (TPSA) is 42.9 Å². The number of urea groups is 1. The highest BCUT2D eigenvalue weighted by Crippen LogP contribution is 2.19. The molecule has 6 heteroatoms. The van der Waals surface area contributed by atoms with E-state index in [0.29, 0.717) is 0 Å². The Kier molecular flexibility index (Phi) is 5.14. The second-order valence-electron chi connectivity index (χ2n) is 7.26. The fraction of sp³-hybridized carbons (Fsp3) is 0.429. The molecule has 0 atom stereocenters. The molecule has 2 saturated heterocycles. The molecule has 6 nitrogen and oxygen atoms in total. The largest absolute Gasteiger partial charge is 0.368 e. The lowest BCUT2D eigenvalue weighted by Gasteiger charge is -2.41. The second kappa shape index (κ2) is 7.86. The first kappa shape index (κ1) is 17.6. The van der Waals surface area contributed by atoms with E-state index in [2.05, 4.69) is 46.0 Å². The minimum atomic E-state index is 0.180. The summed E-state index contributed by atoms with van der Waals surface area (Å²) in [5.74, 6) is 0.997. The highest BCUT2D eigenvalue weighted by molar-refractivity contribution is 5.75. The highest BCUT2D eigenvalue weighted by atomic mass is 16.2. The lowest BCUT2D eigenvalue weighted by Crippen LogP contribution is -2.57. The van der Waals surface area contributed by atoms with Crippen LogP contribution < -0.4 is 9.80 Å². The van der Waals surface area contributed by atoms with Crippen molar-refractivity contribution in [3.05, 3.63) is 54.2 Å². The van der Waals surface area contributed by atoms with Crippen molar-refractivity contribution in [1.29, 1.82) is 0 Å². The molecule has 0 aliphatic carbocycles. The number of carbonyl (C=O) groups excluding carboxylic acids is 1. The molecule has 0 spiro atoms. The maximum Gasteiger partial charge on any atom is 0.320 e. The van der Waals surface area contributed by atoms with E-state index in [0.717, 1.165) is 58.2 Å². The van der Waals surface area contributed by atoms with Gasteiger partial charge in [0, 0.05) is 64.2 Å². The van der Waals surface area contributed by atoms with Gasteiger partial charge in [-0.25, -0.2) is 9.78 Å². The molecule has 2 fully saturated rings. The first-order chi connectivity index (χ1) is 13.2. The maximum absolute atomic E-state index is 12.9.